The van der Waals surface area contributed by atoms with Crippen LogP contribution in [0.3, 0.4) is 0 Å². The minimum absolute atomic E-state index is 0.532. The van der Waals surface area contributed by atoms with Gasteiger partial charge in [-0.3, -0.25) is 0 Å². The maximum absolute atomic E-state index is 10.1. The molecule has 0 radical (unpaired) electrons. The number of likely N-dealkylation sites (tertiary alicyclic amines) is 1. The fourth-order valence-corrected chi connectivity index (χ4v) is 2.98. The third-order valence-corrected chi connectivity index (χ3v) is 4.10. The van der Waals surface area contributed by atoms with E-state index in [0.29, 0.717) is 17.5 Å². The highest BCUT2D eigenvalue weighted by molar-refractivity contribution is 6.31. The summed E-state index contributed by atoms with van der Waals surface area (Å²) in [6.07, 6.45) is 2.02. The summed E-state index contributed by atoms with van der Waals surface area (Å²) in [5.74, 6) is 0.692. The van der Waals surface area contributed by atoms with Gasteiger partial charge in [0.25, 0.3) is 0 Å². The molecular weight excluding hydrogens is 260 g/mol. The van der Waals surface area contributed by atoms with Crippen LogP contribution in [0.25, 0.3) is 0 Å². The largest absolute Gasteiger partial charge is 0.387 e. The Bertz CT molecular complexity index is 399. The summed E-state index contributed by atoms with van der Waals surface area (Å²) in [5, 5.41) is 14.1. The summed E-state index contributed by atoms with van der Waals surface area (Å²) in [5.41, 5.74) is 0.803. The molecule has 1 aromatic carbocycles. The average Bonchev–Trinajstić information content (AvgIpc) is 2.39. The monoisotopic (exact) mass is 282 g/mol. The molecule has 0 amide bonds. The fourth-order valence-electron chi connectivity index (χ4n) is 2.72. The second-order valence-electron chi connectivity index (χ2n) is 5.47. The summed E-state index contributed by atoms with van der Waals surface area (Å²) in [6.45, 7) is 3.88. The molecule has 1 aliphatic heterocycles. The minimum atomic E-state index is -0.532. The van der Waals surface area contributed by atoms with Gasteiger partial charge < -0.3 is 15.3 Å². The smallest absolute Gasteiger partial charge is 0.0928 e. The van der Waals surface area contributed by atoms with E-state index in [1.54, 1.807) is 0 Å². The van der Waals surface area contributed by atoms with Crippen molar-refractivity contribution in [3.63, 3.8) is 0 Å². The SMILES string of the molecule is CN1CCCC(CNCC(O)c2ccccc2Cl)C1. The lowest BCUT2D eigenvalue weighted by atomic mass is 9.98. The van der Waals surface area contributed by atoms with E-state index in [2.05, 4.69) is 17.3 Å². The van der Waals surface area contributed by atoms with E-state index < -0.39 is 6.10 Å². The van der Waals surface area contributed by atoms with Crippen LogP contribution in [0.1, 0.15) is 24.5 Å². The molecular formula is C15H23ClN2O. The molecule has 1 aromatic rings. The zero-order valence-corrected chi connectivity index (χ0v) is 12.2. The summed E-state index contributed by atoms with van der Waals surface area (Å²) < 4.78 is 0. The molecule has 0 spiro atoms. The predicted molar refractivity (Wildman–Crippen MR) is 79.5 cm³/mol. The number of piperidine rings is 1. The lowest BCUT2D eigenvalue weighted by Gasteiger charge is -2.30. The van der Waals surface area contributed by atoms with Gasteiger partial charge in [0.15, 0.2) is 0 Å². The highest BCUT2D eigenvalue weighted by Gasteiger charge is 2.17. The third-order valence-electron chi connectivity index (χ3n) is 3.76. The van der Waals surface area contributed by atoms with E-state index in [1.165, 1.54) is 19.4 Å². The first-order valence-electron chi connectivity index (χ1n) is 6.98. The summed E-state index contributed by atoms with van der Waals surface area (Å²) >= 11 is 6.07. The molecule has 1 aliphatic rings. The van der Waals surface area contributed by atoms with Crippen LogP contribution in [0.4, 0.5) is 0 Å². The number of halogens is 1. The Morgan fingerprint density at radius 1 is 1.47 bits per heavy atom. The molecule has 0 aromatic heterocycles. The number of nitrogens with one attached hydrogen (secondary N) is 1. The van der Waals surface area contributed by atoms with E-state index in [-0.39, 0.29) is 0 Å². The Hall–Kier alpha value is -0.610. The van der Waals surface area contributed by atoms with Crippen molar-refractivity contribution in [3.8, 4) is 0 Å². The first-order valence-corrected chi connectivity index (χ1v) is 7.36. The Kier molecular flexibility index (Phi) is 5.64. The van der Waals surface area contributed by atoms with Gasteiger partial charge in [-0.25, -0.2) is 0 Å². The first-order chi connectivity index (χ1) is 9.16. The van der Waals surface area contributed by atoms with Gasteiger partial charge >= 0.3 is 0 Å². The quantitative estimate of drug-likeness (QED) is 0.870. The maximum Gasteiger partial charge on any atom is 0.0928 e. The van der Waals surface area contributed by atoms with Crippen LogP contribution in [0, 0.1) is 5.92 Å². The van der Waals surface area contributed by atoms with Crippen molar-refractivity contribution in [2.24, 2.45) is 5.92 Å². The van der Waals surface area contributed by atoms with Gasteiger partial charge in [-0.15, -0.1) is 0 Å². The van der Waals surface area contributed by atoms with E-state index in [0.717, 1.165) is 18.7 Å². The molecule has 0 aliphatic carbocycles. The van der Waals surface area contributed by atoms with E-state index in [4.69, 9.17) is 11.6 Å². The van der Waals surface area contributed by atoms with Crippen molar-refractivity contribution in [1.82, 2.24) is 10.2 Å². The molecule has 2 rings (SSSR count). The van der Waals surface area contributed by atoms with Crippen LogP contribution in [-0.4, -0.2) is 43.2 Å². The molecule has 2 N–H and O–H groups in total. The first kappa shape index (κ1) is 14.8. The van der Waals surface area contributed by atoms with E-state index in [1.807, 2.05) is 24.3 Å². The van der Waals surface area contributed by atoms with Gasteiger partial charge in [0.2, 0.25) is 0 Å². The van der Waals surface area contributed by atoms with Gasteiger partial charge in [0.1, 0.15) is 0 Å². The van der Waals surface area contributed by atoms with Gasteiger partial charge in [-0.05, 0) is 45.0 Å². The molecule has 0 saturated carbocycles. The molecule has 4 heteroatoms. The topological polar surface area (TPSA) is 35.5 Å². The van der Waals surface area contributed by atoms with Gasteiger partial charge in [0, 0.05) is 23.7 Å². The molecule has 106 valence electrons. The summed E-state index contributed by atoms with van der Waals surface area (Å²) in [7, 11) is 2.17. The Labute approximate surface area is 120 Å². The third kappa shape index (κ3) is 4.46. The number of rotatable bonds is 5. The predicted octanol–water partition coefficient (Wildman–Crippen LogP) is 2.30. The molecule has 2 atom stereocenters. The number of aliphatic hydroxyl groups excluding tert-OH is 1. The van der Waals surface area contributed by atoms with Crippen LogP contribution in [0.2, 0.25) is 5.02 Å². The highest BCUT2D eigenvalue weighted by atomic mass is 35.5. The van der Waals surface area contributed by atoms with Crippen LogP contribution < -0.4 is 5.32 Å². The Morgan fingerprint density at radius 3 is 3.00 bits per heavy atom. The highest BCUT2D eigenvalue weighted by Crippen LogP contribution is 2.22. The molecule has 2 unspecified atom stereocenters. The van der Waals surface area contributed by atoms with Crippen molar-refractivity contribution in [1.29, 1.82) is 0 Å². The number of benzene rings is 1. The fraction of sp³-hybridized carbons (Fsp3) is 0.600. The van der Waals surface area contributed by atoms with Gasteiger partial charge in [-0.1, -0.05) is 29.8 Å². The van der Waals surface area contributed by atoms with Crippen molar-refractivity contribution < 1.29 is 5.11 Å². The molecule has 1 saturated heterocycles. The number of aliphatic hydroxyl groups is 1. The lowest BCUT2D eigenvalue weighted by molar-refractivity contribution is 0.163. The zero-order valence-electron chi connectivity index (χ0n) is 11.5. The second-order valence-corrected chi connectivity index (χ2v) is 5.87. The number of nitrogens with zero attached hydrogens (tertiary/aromatic N) is 1. The van der Waals surface area contributed by atoms with Crippen molar-refractivity contribution >= 4 is 11.6 Å². The Balaban J connectivity index is 1.75. The molecule has 19 heavy (non-hydrogen) atoms. The summed E-state index contributed by atoms with van der Waals surface area (Å²) in [6, 6.07) is 7.48. The van der Waals surface area contributed by atoms with Gasteiger partial charge in [0.05, 0.1) is 6.10 Å². The van der Waals surface area contributed by atoms with E-state index >= 15 is 0 Å². The maximum atomic E-state index is 10.1. The van der Waals surface area contributed by atoms with Gasteiger partial charge in [-0.2, -0.15) is 0 Å². The van der Waals surface area contributed by atoms with Crippen molar-refractivity contribution in [3.05, 3.63) is 34.9 Å². The van der Waals surface area contributed by atoms with Crippen LogP contribution in [0.15, 0.2) is 24.3 Å². The zero-order chi connectivity index (χ0) is 13.7. The molecule has 0 bridgehead atoms. The molecule has 3 nitrogen and oxygen atoms in total. The normalized spacial score (nSPS) is 22.4. The van der Waals surface area contributed by atoms with E-state index in [9.17, 15) is 5.11 Å². The van der Waals surface area contributed by atoms with Crippen LogP contribution >= 0.6 is 11.6 Å². The summed E-state index contributed by atoms with van der Waals surface area (Å²) in [4.78, 5) is 2.38. The molecule has 1 heterocycles. The lowest BCUT2D eigenvalue weighted by Crippen LogP contribution is -2.38. The van der Waals surface area contributed by atoms with Crippen LogP contribution in [-0.2, 0) is 0 Å². The molecule has 1 fully saturated rings. The minimum Gasteiger partial charge on any atom is -0.387 e. The van der Waals surface area contributed by atoms with Crippen LogP contribution in [0.5, 0.6) is 0 Å². The average molecular weight is 283 g/mol. The Morgan fingerprint density at radius 2 is 2.26 bits per heavy atom. The second kappa shape index (κ2) is 7.25. The number of hydrogen-bond donors (Lipinski definition) is 2. The van der Waals surface area contributed by atoms with Crippen molar-refractivity contribution in [2.45, 2.75) is 18.9 Å². The number of hydrogen-bond acceptors (Lipinski definition) is 3. The van der Waals surface area contributed by atoms with Crippen molar-refractivity contribution in [2.75, 3.05) is 33.2 Å². The standard InChI is InChI=1S/C15H23ClN2O/c1-18-8-4-5-12(11-18)9-17-10-15(19)13-6-2-3-7-14(13)16/h2-3,6-7,12,15,17,19H,4-5,8-11H2,1H3.